The molecule has 0 aliphatic heterocycles. The van der Waals surface area contributed by atoms with Gasteiger partial charge in [-0.25, -0.2) is 4.68 Å². The fraction of sp³-hybridized carbons (Fsp3) is 0.282. The van der Waals surface area contributed by atoms with Crippen molar-refractivity contribution in [1.29, 1.82) is 0 Å². The summed E-state index contributed by atoms with van der Waals surface area (Å²) in [5, 5.41) is 8.09. The summed E-state index contributed by atoms with van der Waals surface area (Å²) in [7, 11) is 0. The van der Waals surface area contributed by atoms with Crippen molar-refractivity contribution in [3.05, 3.63) is 129 Å². The summed E-state index contributed by atoms with van der Waals surface area (Å²) in [5.74, 6) is -0.0745. The number of alkyl halides is 3. The van der Waals surface area contributed by atoms with Gasteiger partial charge in [0.15, 0.2) is 11.5 Å². The molecule has 6 rings (SSSR count). The van der Waals surface area contributed by atoms with Crippen LogP contribution in [0.5, 0.6) is 0 Å². The zero-order chi connectivity index (χ0) is 34.5. The van der Waals surface area contributed by atoms with Gasteiger partial charge in [0.1, 0.15) is 0 Å². The Bertz CT molecular complexity index is 1970. The van der Waals surface area contributed by atoms with Crippen molar-refractivity contribution in [1.82, 2.24) is 9.78 Å². The van der Waals surface area contributed by atoms with E-state index in [1.165, 1.54) is 15.8 Å². The molecule has 0 spiro atoms. The molecule has 0 saturated carbocycles. The lowest BCUT2D eigenvalue weighted by Gasteiger charge is -2.16. The van der Waals surface area contributed by atoms with Crippen molar-refractivity contribution < 1.29 is 18.0 Å². The number of fused-ring (bicyclic) bond motifs is 3. The number of anilines is 1. The number of benzene rings is 4. The summed E-state index contributed by atoms with van der Waals surface area (Å²) in [6.07, 6.45) is 3.30. The lowest BCUT2D eigenvalue weighted by atomic mass is 9.94. The second-order valence-electron chi connectivity index (χ2n) is 12.4. The van der Waals surface area contributed by atoms with E-state index in [1.807, 2.05) is 24.3 Å². The van der Waals surface area contributed by atoms with E-state index < -0.39 is 11.9 Å². The van der Waals surface area contributed by atoms with Crippen LogP contribution < -0.4 is 5.32 Å². The van der Waals surface area contributed by atoms with Crippen LogP contribution in [0.2, 0.25) is 10.0 Å². The molecule has 0 fully saturated rings. The molecule has 4 nitrogen and oxygen atoms in total. The molecule has 1 aromatic heterocycles. The Morgan fingerprint density at radius 3 is 2.29 bits per heavy atom. The van der Waals surface area contributed by atoms with Crippen molar-refractivity contribution in [2.24, 2.45) is 0 Å². The molecule has 49 heavy (non-hydrogen) atoms. The second kappa shape index (κ2) is 15.4. The number of unbranched alkanes of at least 4 members (excludes halogenated alkanes) is 6. The molecule has 1 N–H and O–H groups in total. The predicted molar refractivity (Wildman–Crippen MR) is 195 cm³/mol. The first-order valence-corrected chi connectivity index (χ1v) is 17.7. The van der Waals surface area contributed by atoms with Crippen LogP contribution in [-0.4, -0.2) is 22.1 Å². The van der Waals surface area contributed by atoms with Crippen LogP contribution >= 0.6 is 35.8 Å². The fourth-order valence-electron chi connectivity index (χ4n) is 6.57. The van der Waals surface area contributed by atoms with Crippen LogP contribution in [0.3, 0.4) is 0 Å². The molecule has 4 aromatic carbocycles. The lowest BCUT2D eigenvalue weighted by Crippen LogP contribution is -2.11. The van der Waals surface area contributed by atoms with E-state index in [0.717, 1.165) is 68.6 Å². The van der Waals surface area contributed by atoms with Gasteiger partial charge in [0.25, 0.3) is 0 Å². The first-order valence-electron chi connectivity index (χ1n) is 16.5. The number of aromatic nitrogens is 2. The Morgan fingerprint density at radius 1 is 0.816 bits per heavy atom. The molecule has 5 aromatic rings. The van der Waals surface area contributed by atoms with E-state index in [9.17, 15) is 18.0 Å². The Hall–Kier alpha value is -3.72. The SMILES string of the molecule is O=C(c1cccc2c1Cc1ccccc1-2)c1cc(Cl)cc(S)c1NCCCCCCCCCc1cc(C(F)(F)F)nn1-c1ccccc1Cl. The Kier molecular flexibility index (Phi) is 11.1. The number of rotatable bonds is 14. The number of nitrogens with one attached hydrogen (secondary N) is 1. The van der Waals surface area contributed by atoms with Gasteiger partial charge in [-0.3, -0.25) is 4.79 Å². The van der Waals surface area contributed by atoms with E-state index in [-0.39, 0.29) is 5.78 Å². The molecule has 0 radical (unpaired) electrons. The van der Waals surface area contributed by atoms with Crippen molar-refractivity contribution >= 4 is 47.3 Å². The number of hydrogen-bond donors (Lipinski definition) is 2. The zero-order valence-corrected chi connectivity index (χ0v) is 29.2. The molecular formula is C39H36Cl2F3N3OS. The van der Waals surface area contributed by atoms with Crippen LogP contribution in [0.4, 0.5) is 18.9 Å². The van der Waals surface area contributed by atoms with Gasteiger partial charge in [-0.05, 0) is 78.3 Å². The van der Waals surface area contributed by atoms with Gasteiger partial charge in [-0.15, -0.1) is 12.6 Å². The van der Waals surface area contributed by atoms with Gasteiger partial charge in [0.05, 0.1) is 16.4 Å². The molecule has 0 amide bonds. The number of aryl methyl sites for hydroxylation is 1. The van der Waals surface area contributed by atoms with E-state index >= 15 is 0 Å². The summed E-state index contributed by atoms with van der Waals surface area (Å²) < 4.78 is 41.6. The molecule has 0 unspecified atom stereocenters. The highest BCUT2D eigenvalue weighted by atomic mass is 35.5. The number of para-hydroxylation sites is 1. The summed E-state index contributed by atoms with van der Waals surface area (Å²) in [5.41, 5.74) is 6.45. The molecule has 254 valence electrons. The Labute approximate surface area is 300 Å². The number of carbonyl (C=O) groups excluding carboxylic acids is 1. The van der Waals surface area contributed by atoms with Gasteiger partial charge in [0.2, 0.25) is 0 Å². The molecule has 0 bridgehead atoms. The highest BCUT2D eigenvalue weighted by Crippen LogP contribution is 2.40. The Balaban J connectivity index is 0.981. The minimum absolute atomic E-state index is 0.0745. The van der Waals surface area contributed by atoms with Gasteiger partial charge in [-0.2, -0.15) is 18.3 Å². The normalized spacial score (nSPS) is 12.2. The van der Waals surface area contributed by atoms with E-state index in [2.05, 4.69) is 41.2 Å². The maximum Gasteiger partial charge on any atom is 0.435 e. The highest BCUT2D eigenvalue weighted by Gasteiger charge is 2.35. The molecule has 1 aliphatic rings. The standard InChI is InChI=1S/C39H36Cl2F3N3OS/c40-26-22-32(38(48)30-17-12-16-29-28-15-8-7-13-25(28)21-31(29)30)37(35(49)23-26)45-20-11-5-3-1-2-4-6-14-27-24-36(39(42,43)44)46-47(27)34-19-10-9-18-33(34)41/h7-10,12-13,15-19,22-24,45,49H,1-6,11,14,20-21H2. The molecule has 1 heterocycles. The molecule has 0 atom stereocenters. The molecule has 1 aliphatic carbocycles. The van der Waals surface area contributed by atoms with Crippen LogP contribution in [0.15, 0.2) is 89.8 Å². The smallest absolute Gasteiger partial charge is 0.384 e. The number of halogens is 5. The molecular weight excluding hydrogens is 686 g/mol. The van der Waals surface area contributed by atoms with Crippen molar-refractivity contribution in [2.75, 3.05) is 11.9 Å². The van der Waals surface area contributed by atoms with Gasteiger partial charge < -0.3 is 5.32 Å². The topological polar surface area (TPSA) is 46.9 Å². The second-order valence-corrected chi connectivity index (χ2v) is 13.7. The summed E-state index contributed by atoms with van der Waals surface area (Å²) in [6, 6.07) is 25.5. The number of carbonyl (C=O) groups is 1. The van der Waals surface area contributed by atoms with Crippen LogP contribution in [0.1, 0.15) is 83.4 Å². The number of nitrogens with zero attached hydrogens (tertiary/aromatic N) is 2. The van der Waals surface area contributed by atoms with Crippen molar-refractivity contribution in [2.45, 2.75) is 68.9 Å². The summed E-state index contributed by atoms with van der Waals surface area (Å²) in [4.78, 5) is 14.6. The number of ketones is 1. The monoisotopic (exact) mass is 721 g/mol. The molecule has 0 saturated heterocycles. The van der Waals surface area contributed by atoms with Gasteiger partial charge in [-0.1, -0.05) is 110 Å². The highest BCUT2D eigenvalue weighted by molar-refractivity contribution is 7.80. The van der Waals surface area contributed by atoms with Crippen molar-refractivity contribution in [3.8, 4) is 16.8 Å². The van der Waals surface area contributed by atoms with Crippen LogP contribution in [0.25, 0.3) is 16.8 Å². The minimum atomic E-state index is -4.52. The van der Waals surface area contributed by atoms with E-state index in [0.29, 0.717) is 56.1 Å². The maximum absolute atomic E-state index is 14.0. The van der Waals surface area contributed by atoms with Crippen LogP contribution in [-0.2, 0) is 19.0 Å². The third kappa shape index (κ3) is 8.03. The van der Waals surface area contributed by atoms with E-state index in [4.69, 9.17) is 23.2 Å². The minimum Gasteiger partial charge on any atom is -0.384 e. The molecule has 10 heteroatoms. The van der Waals surface area contributed by atoms with E-state index in [1.54, 1.807) is 36.4 Å². The average molecular weight is 723 g/mol. The third-order valence-electron chi connectivity index (χ3n) is 8.99. The predicted octanol–water partition coefficient (Wildman–Crippen LogP) is 11.7. The third-order valence-corrected chi connectivity index (χ3v) is 9.88. The first-order chi connectivity index (χ1) is 23.6. The quantitative estimate of drug-likeness (QED) is 0.0668. The van der Waals surface area contributed by atoms with Gasteiger partial charge >= 0.3 is 6.18 Å². The summed E-state index contributed by atoms with van der Waals surface area (Å²) in [6.45, 7) is 0.682. The Morgan fingerprint density at radius 2 is 1.51 bits per heavy atom. The summed E-state index contributed by atoms with van der Waals surface area (Å²) >= 11 is 17.3. The zero-order valence-electron chi connectivity index (χ0n) is 26.8. The number of hydrogen-bond acceptors (Lipinski definition) is 4. The first kappa shape index (κ1) is 35.1. The van der Waals surface area contributed by atoms with Crippen molar-refractivity contribution in [3.63, 3.8) is 0 Å². The van der Waals surface area contributed by atoms with Gasteiger partial charge in [0, 0.05) is 33.3 Å². The average Bonchev–Trinajstić information content (AvgIpc) is 3.68. The largest absolute Gasteiger partial charge is 0.435 e. The maximum atomic E-state index is 14.0. The lowest BCUT2D eigenvalue weighted by molar-refractivity contribution is -0.141. The number of thiol groups is 1. The van der Waals surface area contributed by atoms with Crippen LogP contribution in [0, 0.1) is 0 Å². The fourth-order valence-corrected chi connectivity index (χ4v) is 7.42.